The van der Waals surface area contributed by atoms with Gasteiger partial charge in [-0.05, 0) is 54.4 Å². The summed E-state index contributed by atoms with van der Waals surface area (Å²) >= 11 is 0. The second-order valence-electron chi connectivity index (χ2n) is 16.6. The van der Waals surface area contributed by atoms with E-state index in [-0.39, 0.29) is 19.3 Å². The highest BCUT2D eigenvalue weighted by Gasteiger charge is 2.35. The van der Waals surface area contributed by atoms with Crippen molar-refractivity contribution in [1.29, 1.82) is 0 Å². The molecule has 0 spiro atoms. The van der Waals surface area contributed by atoms with Gasteiger partial charge in [0.05, 0.1) is 30.9 Å². The van der Waals surface area contributed by atoms with E-state index in [0.29, 0.717) is 11.4 Å². The predicted molar refractivity (Wildman–Crippen MR) is 242 cm³/mol. The molecule has 0 unspecified atom stereocenters. The fourth-order valence-corrected chi connectivity index (χ4v) is 6.40. The normalized spacial score (nSPS) is 15.6. The molecule has 15 N–H and O–H groups in total. The number of aliphatic hydroxyl groups excluding tert-OH is 2. The van der Waals surface area contributed by atoms with E-state index in [0.717, 1.165) is 20.8 Å². The minimum absolute atomic E-state index is 0.216. The Morgan fingerprint density at radius 1 is 0.465 bits per heavy atom. The topological polar surface area (TPSA) is 451 Å². The lowest BCUT2D eigenvalue weighted by Gasteiger charge is -2.27. The van der Waals surface area contributed by atoms with E-state index >= 15 is 0 Å². The van der Waals surface area contributed by atoms with E-state index in [4.69, 9.17) is 5.11 Å². The first-order chi connectivity index (χ1) is 33.2. The third kappa shape index (κ3) is 20.7. The number of aliphatic hydroxyl groups is 2. The Morgan fingerprint density at radius 3 is 1.15 bits per heavy atom. The number of aromatic amines is 2. The maximum absolute atomic E-state index is 13.6. The average Bonchev–Trinajstić information content (AvgIpc) is 4.01. The number of carbonyl (C=O) groups excluding carboxylic acids is 10. The standard InChI is InChI=1S/C42H63N13O16/c1-18(35(64)48-20(3)37(66)55-34(23(6)58)42(71)54-29(12-25-14-43-16-45-25)39(68)51-27(21(4)56)8-10-31(60)61)47-36(65)19(2)49-38(67)28(9-11-32(62)63)52-40(69)30(13-26-15-44-17-46-26)53-41(70)33(22(5)57)50-24(7)59/h14-20,22-23,27-30,33-34,57-58H,8-13H2,1-7H3,(H,43,45)(H,44,46)(H,47,65)(H,48,64)(H,49,67)(H,50,59)(H,51,68)(H,52,69)(H,53,70)(H,54,71)(H,55,66)(H,60,61)(H,62,63)/t18-,19-,20-,22+,23+,27-,28-,29-,30-,33-,34-/m1/s1. The van der Waals surface area contributed by atoms with Gasteiger partial charge in [-0.3, -0.25) is 57.5 Å². The Bertz CT molecular complexity index is 2200. The molecular formula is C42H63N13O16. The number of carbonyl (C=O) groups is 12. The average molecular weight is 1010 g/mol. The Labute approximate surface area is 406 Å². The fourth-order valence-electron chi connectivity index (χ4n) is 6.40. The number of H-pyrrole nitrogens is 2. The van der Waals surface area contributed by atoms with Crippen LogP contribution in [0.25, 0.3) is 0 Å². The first-order valence-electron chi connectivity index (χ1n) is 22.1. The number of nitrogens with zero attached hydrogens (tertiary/aromatic N) is 2. The molecule has 0 saturated carbocycles. The number of ketones is 1. The van der Waals surface area contributed by atoms with Gasteiger partial charge in [0, 0.05) is 56.4 Å². The van der Waals surface area contributed by atoms with E-state index in [1.807, 2.05) is 0 Å². The molecule has 29 heteroatoms. The molecule has 392 valence electrons. The Balaban J connectivity index is 2.12. The Morgan fingerprint density at radius 2 is 0.803 bits per heavy atom. The molecule has 0 fully saturated rings. The van der Waals surface area contributed by atoms with Crippen LogP contribution in [-0.2, 0) is 70.4 Å². The zero-order chi connectivity index (χ0) is 53.7. The minimum atomic E-state index is -1.72. The van der Waals surface area contributed by atoms with Gasteiger partial charge in [0.25, 0.3) is 0 Å². The highest BCUT2D eigenvalue weighted by atomic mass is 16.4. The van der Waals surface area contributed by atoms with Crippen molar-refractivity contribution in [3.8, 4) is 0 Å². The highest BCUT2D eigenvalue weighted by molar-refractivity contribution is 5.98. The second kappa shape index (κ2) is 28.6. The monoisotopic (exact) mass is 1010 g/mol. The van der Waals surface area contributed by atoms with E-state index < -0.39 is 157 Å². The van der Waals surface area contributed by atoms with E-state index in [1.165, 1.54) is 52.7 Å². The Kier molecular flexibility index (Phi) is 23.9. The van der Waals surface area contributed by atoms with Crippen LogP contribution in [0.1, 0.15) is 85.5 Å². The molecule has 2 heterocycles. The summed E-state index contributed by atoms with van der Waals surface area (Å²) in [5, 5.41) is 60.1. The van der Waals surface area contributed by atoms with Crippen molar-refractivity contribution in [3.63, 3.8) is 0 Å². The number of carboxylic acids is 2. The minimum Gasteiger partial charge on any atom is -0.481 e. The summed E-state index contributed by atoms with van der Waals surface area (Å²) in [5.41, 5.74) is 0.695. The van der Waals surface area contributed by atoms with Gasteiger partial charge in [-0.15, -0.1) is 0 Å². The van der Waals surface area contributed by atoms with Crippen LogP contribution in [0.15, 0.2) is 25.0 Å². The van der Waals surface area contributed by atoms with Gasteiger partial charge < -0.3 is 78.2 Å². The maximum Gasteiger partial charge on any atom is 0.303 e. The maximum atomic E-state index is 13.6. The summed E-state index contributed by atoms with van der Waals surface area (Å²) in [4.78, 5) is 166. The lowest BCUT2D eigenvalue weighted by atomic mass is 10.0. The van der Waals surface area contributed by atoms with Gasteiger partial charge in [-0.25, -0.2) is 9.97 Å². The van der Waals surface area contributed by atoms with Gasteiger partial charge in [-0.2, -0.15) is 0 Å². The zero-order valence-corrected chi connectivity index (χ0v) is 40.0. The van der Waals surface area contributed by atoms with Crippen molar-refractivity contribution in [2.75, 3.05) is 0 Å². The van der Waals surface area contributed by atoms with Crippen molar-refractivity contribution in [2.24, 2.45) is 0 Å². The fraction of sp³-hybridized carbons (Fsp3) is 0.571. The molecule has 9 amide bonds. The summed E-state index contributed by atoms with van der Waals surface area (Å²) in [6.07, 6.45) is -0.00680. The number of aromatic nitrogens is 4. The largest absolute Gasteiger partial charge is 0.481 e. The first kappa shape index (κ1) is 59.3. The molecule has 11 atom stereocenters. The molecule has 29 nitrogen and oxygen atoms in total. The summed E-state index contributed by atoms with van der Waals surface area (Å²) in [6, 6.07) is -13.2. The molecule has 0 saturated heterocycles. The number of rotatable bonds is 30. The van der Waals surface area contributed by atoms with Gasteiger partial charge in [0.15, 0.2) is 5.78 Å². The number of hydrogen-bond donors (Lipinski definition) is 15. The van der Waals surface area contributed by atoms with Crippen LogP contribution in [0.2, 0.25) is 0 Å². The van der Waals surface area contributed by atoms with Crippen LogP contribution in [0.4, 0.5) is 0 Å². The molecule has 0 aliphatic heterocycles. The molecule has 2 aromatic rings. The lowest BCUT2D eigenvalue weighted by molar-refractivity contribution is -0.139. The number of imidazole rings is 2. The molecule has 0 aliphatic carbocycles. The van der Waals surface area contributed by atoms with E-state index in [2.05, 4.69) is 67.8 Å². The van der Waals surface area contributed by atoms with Crippen LogP contribution in [0, 0.1) is 0 Å². The molecule has 2 aromatic heterocycles. The van der Waals surface area contributed by atoms with Crippen LogP contribution in [0.5, 0.6) is 0 Å². The number of Topliss-reactive ketones (excluding diaryl/α,β-unsaturated/α-hetero) is 1. The first-order valence-corrected chi connectivity index (χ1v) is 22.1. The summed E-state index contributed by atoms with van der Waals surface area (Å²) in [5.74, 6) is -11.7. The number of nitrogens with one attached hydrogen (secondary N) is 11. The summed E-state index contributed by atoms with van der Waals surface area (Å²) < 4.78 is 0. The zero-order valence-electron chi connectivity index (χ0n) is 40.0. The van der Waals surface area contributed by atoms with Crippen LogP contribution < -0.4 is 47.9 Å². The summed E-state index contributed by atoms with van der Waals surface area (Å²) in [7, 11) is 0. The van der Waals surface area contributed by atoms with Crippen LogP contribution >= 0.6 is 0 Å². The van der Waals surface area contributed by atoms with Gasteiger partial charge in [0.2, 0.25) is 53.2 Å². The van der Waals surface area contributed by atoms with E-state index in [9.17, 15) is 72.9 Å². The SMILES string of the molecule is CC(=O)N[C@@H](C(=O)N[C@H](Cc1cnc[nH]1)C(=O)N[C@H](CCC(=O)O)C(=O)N[C@H](C)C(=O)N[C@H](C)C(=O)N[C@H](C)C(=O)N[C@@H](C(=O)N[C@H](Cc1cnc[nH]1)C(=O)N[C@H](CCC(=O)O)C(C)=O)[C@H](C)O)[C@H](C)O. The van der Waals surface area contributed by atoms with Gasteiger partial charge in [0.1, 0.15) is 48.3 Å². The smallest absolute Gasteiger partial charge is 0.303 e. The van der Waals surface area contributed by atoms with Crippen molar-refractivity contribution >= 4 is 70.9 Å². The van der Waals surface area contributed by atoms with Gasteiger partial charge >= 0.3 is 11.9 Å². The van der Waals surface area contributed by atoms with Crippen molar-refractivity contribution in [1.82, 2.24) is 67.8 Å². The lowest BCUT2D eigenvalue weighted by Crippen LogP contribution is -2.61. The van der Waals surface area contributed by atoms with Crippen molar-refractivity contribution < 1.29 is 78.0 Å². The molecule has 0 bridgehead atoms. The number of amides is 9. The summed E-state index contributed by atoms with van der Waals surface area (Å²) in [6.45, 7) is 8.25. The van der Waals surface area contributed by atoms with Crippen LogP contribution in [0.3, 0.4) is 0 Å². The predicted octanol–water partition coefficient (Wildman–Crippen LogP) is -5.56. The Hall–Kier alpha value is -7.82. The molecule has 0 aliphatic rings. The molecule has 2 rings (SSSR count). The molecular weight excluding hydrogens is 943 g/mol. The van der Waals surface area contributed by atoms with E-state index in [1.54, 1.807) is 0 Å². The van der Waals surface area contributed by atoms with Gasteiger partial charge in [-0.1, -0.05) is 0 Å². The molecule has 0 aromatic carbocycles. The van der Waals surface area contributed by atoms with Crippen molar-refractivity contribution in [2.45, 2.75) is 154 Å². The van der Waals surface area contributed by atoms with Crippen LogP contribution in [-0.4, -0.2) is 178 Å². The number of hydrogen-bond acceptors (Lipinski definition) is 16. The highest BCUT2D eigenvalue weighted by Crippen LogP contribution is 2.08. The number of carboxylic acid groups (broad SMARTS) is 2. The second-order valence-corrected chi connectivity index (χ2v) is 16.6. The quantitative estimate of drug-likeness (QED) is 0.0347. The third-order valence-electron chi connectivity index (χ3n) is 10.4. The molecule has 0 radical (unpaired) electrons. The van der Waals surface area contributed by atoms with Crippen molar-refractivity contribution in [3.05, 3.63) is 36.4 Å². The number of aliphatic carboxylic acids is 2. The third-order valence-corrected chi connectivity index (χ3v) is 10.4. The molecule has 71 heavy (non-hydrogen) atoms.